The first-order valence-electron chi connectivity index (χ1n) is 17.0. The van der Waals surface area contributed by atoms with Crippen molar-refractivity contribution in [1.29, 1.82) is 0 Å². The number of fused-ring (bicyclic) bond motifs is 10. The number of thiophene rings is 1. The molecule has 0 amide bonds. The summed E-state index contributed by atoms with van der Waals surface area (Å²) < 4.78 is 2.66. The van der Waals surface area contributed by atoms with Crippen molar-refractivity contribution >= 4 is 70.1 Å². The van der Waals surface area contributed by atoms with Gasteiger partial charge in [0.1, 0.15) is 0 Å². The molecule has 0 saturated heterocycles. The highest BCUT2D eigenvalue weighted by Gasteiger charge is 2.37. The lowest BCUT2D eigenvalue weighted by molar-refractivity contribution is 0.660. The number of benzene rings is 8. The maximum Gasteiger partial charge on any atom is 0.0543 e. The molecule has 0 radical (unpaired) electrons. The van der Waals surface area contributed by atoms with Gasteiger partial charge in [0.05, 0.1) is 5.69 Å². The topological polar surface area (TPSA) is 3.24 Å². The summed E-state index contributed by atoms with van der Waals surface area (Å²) in [6.07, 6.45) is 0. The lowest BCUT2D eigenvalue weighted by Gasteiger charge is -2.29. The van der Waals surface area contributed by atoms with Gasteiger partial charge in [-0.3, -0.25) is 0 Å². The Balaban J connectivity index is 1.21. The number of hydrogen-bond donors (Lipinski definition) is 0. The van der Waals surface area contributed by atoms with Gasteiger partial charge in [0.15, 0.2) is 0 Å². The van der Waals surface area contributed by atoms with E-state index in [0.29, 0.717) is 0 Å². The molecule has 9 aromatic rings. The molecule has 0 aliphatic heterocycles. The summed E-state index contributed by atoms with van der Waals surface area (Å²) >= 11 is 1.91. The van der Waals surface area contributed by atoms with E-state index in [1.165, 1.54) is 80.8 Å². The monoisotopic (exact) mass is 643 g/mol. The van der Waals surface area contributed by atoms with Crippen LogP contribution in [-0.4, -0.2) is 0 Å². The standard InChI is InChI=1S/C47H33NS/c1-47(2)40-16-9-8-15-39(40)45-41(47)17-10-18-42(45)48(34-24-21-31(22-25-34)30-11-4-3-5-12-30)35-26-28-37-38-27-23-33-20-19-32-13-6-7-14-36(32)44(33)46(38)49-43(37)29-35/h3-29H,1-2H3. The van der Waals surface area contributed by atoms with Crippen molar-refractivity contribution in [3.05, 3.63) is 175 Å². The summed E-state index contributed by atoms with van der Waals surface area (Å²) in [4.78, 5) is 2.48. The number of nitrogens with zero attached hydrogens (tertiary/aromatic N) is 1. The molecule has 10 rings (SSSR count). The molecular formula is C47H33NS. The van der Waals surface area contributed by atoms with E-state index in [1.807, 2.05) is 11.3 Å². The Labute approximate surface area is 290 Å². The van der Waals surface area contributed by atoms with Crippen molar-refractivity contribution in [2.24, 2.45) is 0 Å². The number of rotatable bonds is 4. The van der Waals surface area contributed by atoms with Crippen LogP contribution in [0.4, 0.5) is 17.1 Å². The molecule has 1 aliphatic carbocycles. The fraction of sp³-hybridized carbons (Fsp3) is 0.0638. The maximum absolute atomic E-state index is 2.48. The van der Waals surface area contributed by atoms with Crippen LogP contribution in [0.15, 0.2) is 164 Å². The molecule has 8 aromatic carbocycles. The highest BCUT2D eigenvalue weighted by molar-refractivity contribution is 7.26. The van der Waals surface area contributed by atoms with Gasteiger partial charge < -0.3 is 4.90 Å². The van der Waals surface area contributed by atoms with E-state index in [-0.39, 0.29) is 5.41 Å². The third kappa shape index (κ3) is 4.24. The molecule has 0 atom stereocenters. The number of hydrogen-bond acceptors (Lipinski definition) is 2. The Bertz CT molecular complexity index is 2730. The van der Waals surface area contributed by atoms with Gasteiger partial charge in [0.2, 0.25) is 0 Å². The molecule has 232 valence electrons. The zero-order valence-corrected chi connectivity index (χ0v) is 28.3. The van der Waals surface area contributed by atoms with Gasteiger partial charge in [-0.05, 0) is 74.3 Å². The summed E-state index contributed by atoms with van der Waals surface area (Å²) in [7, 11) is 0. The van der Waals surface area contributed by atoms with Crippen LogP contribution >= 0.6 is 11.3 Å². The second-order valence-corrected chi connectivity index (χ2v) is 14.8. The van der Waals surface area contributed by atoms with Gasteiger partial charge in [-0.2, -0.15) is 0 Å². The Morgan fingerprint density at radius 3 is 2.04 bits per heavy atom. The molecule has 0 saturated carbocycles. The molecule has 49 heavy (non-hydrogen) atoms. The summed E-state index contributed by atoms with van der Waals surface area (Å²) in [6, 6.07) is 60.5. The van der Waals surface area contributed by atoms with E-state index in [1.54, 1.807) is 0 Å². The molecule has 1 aliphatic rings. The van der Waals surface area contributed by atoms with Gasteiger partial charge in [-0.25, -0.2) is 0 Å². The van der Waals surface area contributed by atoms with Crippen molar-refractivity contribution < 1.29 is 0 Å². The molecule has 1 aromatic heterocycles. The average molecular weight is 644 g/mol. The fourth-order valence-corrected chi connectivity index (χ4v) is 9.54. The smallest absolute Gasteiger partial charge is 0.0543 e. The van der Waals surface area contributed by atoms with Gasteiger partial charge in [-0.1, -0.05) is 147 Å². The Morgan fingerprint density at radius 2 is 1.16 bits per heavy atom. The van der Waals surface area contributed by atoms with Crippen LogP contribution in [-0.2, 0) is 5.41 Å². The third-order valence-electron chi connectivity index (χ3n) is 10.6. The predicted octanol–water partition coefficient (Wildman–Crippen LogP) is 13.8. The molecule has 0 spiro atoms. The average Bonchev–Trinajstić information content (AvgIpc) is 3.64. The molecule has 1 nitrogen and oxygen atoms in total. The van der Waals surface area contributed by atoms with Crippen LogP contribution in [0.3, 0.4) is 0 Å². The first kappa shape index (κ1) is 28.3. The fourth-order valence-electron chi connectivity index (χ4n) is 8.23. The van der Waals surface area contributed by atoms with Gasteiger partial charge in [0, 0.05) is 47.9 Å². The largest absolute Gasteiger partial charge is 0.310 e. The van der Waals surface area contributed by atoms with Crippen LogP contribution in [0.25, 0.3) is 64.0 Å². The summed E-state index contributed by atoms with van der Waals surface area (Å²) in [5.74, 6) is 0. The second-order valence-electron chi connectivity index (χ2n) is 13.7. The van der Waals surface area contributed by atoms with Gasteiger partial charge in [0.25, 0.3) is 0 Å². The van der Waals surface area contributed by atoms with E-state index in [2.05, 4.69) is 183 Å². The third-order valence-corrected chi connectivity index (χ3v) is 11.8. The first-order chi connectivity index (χ1) is 24.1. The Kier molecular flexibility index (Phi) is 6.16. The van der Waals surface area contributed by atoms with E-state index in [9.17, 15) is 0 Å². The molecule has 2 heteroatoms. The highest BCUT2D eigenvalue weighted by atomic mass is 32.1. The zero-order valence-electron chi connectivity index (χ0n) is 27.4. The van der Waals surface area contributed by atoms with Crippen LogP contribution in [0.5, 0.6) is 0 Å². The molecule has 0 bridgehead atoms. The van der Waals surface area contributed by atoms with Gasteiger partial charge in [-0.15, -0.1) is 11.3 Å². The molecule has 0 unspecified atom stereocenters. The quantitative estimate of drug-likeness (QED) is 0.173. The lowest BCUT2D eigenvalue weighted by atomic mass is 9.82. The van der Waals surface area contributed by atoms with Crippen molar-refractivity contribution in [2.75, 3.05) is 4.90 Å². The second kappa shape index (κ2) is 10.7. The summed E-state index contributed by atoms with van der Waals surface area (Å²) in [5, 5.41) is 7.88. The van der Waals surface area contributed by atoms with Crippen LogP contribution < -0.4 is 4.90 Å². The van der Waals surface area contributed by atoms with E-state index in [4.69, 9.17) is 0 Å². The first-order valence-corrected chi connectivity index (χ1v) is 17.8. The van der Waals surface area contributed by atoms with E-state index < -0.39 is 0 Å². The normalized spacial score (nSPS) is 13.3. The van der Waals surface area contributed by atoms with Crippen LogP contribution in [0.1, 0.15) is 25.0 Å². The SMILES string of the molecule is CC1(C)c2ccccc2-c2c(N(c3ccc(-c4ccccc4)cc3)c3ccc4c(c3)sc3c4ccc4ccc5ccccc5c43)cccc21. The summed E-state index contributed by atoms with van der Waals surface area (Å²) in [5.41, 5.74) is 11.3. The maximum atomic E-state index is 2.48. The van der Waals surface area contributed by atoms with Crippen molar-refractivity contribution in [3.8, 4) is 22.3 Å². The van der Waals surface area contributed by atoms with Gasteiger partial charge >= 0.3 is 0 Å². The zero-order chi connectivity index (χ0) is 32.7. The van der Waals surface area contributed by atoms with Crippen LogP contribution in [0.2, 0.25) is 0 Å². The molecule has 0 fully saturated rings. The Morgan fingerprint density at radius 1 is 0.490 bits per heavy atom. The Hall–Kier alpha value is -5.70. The molecule has 1 heterocycles. The minimum absolute atomic E-state index is 0.0793. The predicted molar refractivity (Wildman–Crippen MR) is 212 cm³/mol. The molecular weight excluding hydrogens is 611 g/mol. The van der Waals surface area contributed by atoms with Crippen molar-refractivity contribution in [3.63, 3.8) is 0 Å². The lowest BCUT2D eigenvalue weighted by Crippen LogP contribution is -2.16. The van der Waals surface area contributed by atoms with Crippen molar-refractivity contribution in [2.45, 2.75) is 19.3 Å². The summed E-state index contributed by atoms with van der Waals surface area (Å²) in [6.45, 7) is 4.72. The minimum atomic E-state index is -0.0793. The van der Waals surface area contributed by atoms with Crippen molar-refractivity contribution in [1.82, 2.24) is 0 Å². The number of anilines is 3. The highest BCUT2D eigenvalue weighted by Crippen LogP contribution is 2.54. The van der Waals surface area contributed by atoms with E-state index in [0.717, 1.165) is 11.4 Å². The molecule has 0 N–H and O–H groups in total. The minimum Gasteiger partial charge on any atom is -0.310 e. The van der Waals surface area contributed by atoms with E-state index >= 15 is 0 Å². The van der Waals surface area contributed by atoms with Crippen LogP contribution in [0, 0.1) is 0 Å².